The van der Waals surface area contributed by atoms with Gasteiger partial charge in [0.15, 0.2) is 0 Å². The van der Waals surface area contributed by atoms with Crippen LogP contribution in [0.15, 0.2) is 35.1 Å². The third-order valence-corrected chi connectivity index (χ3v) is 2.88. The minimum atomic E-state index is -0.509. The van der Waals surface area contributed by atoms with Crippen LogP contribution < -0.4 is 11.3 Å². The SMILES string of the molecule is Cc1ccc(=O)n(Cc2cccc(C(N)=S)c2F)n1. The highest BCUT2D eigenvalue weighted by atomic mass is 32.1. The number of thiocarbonyl (C=S) groups is 1. The van der Waals surface area contributed by atoms with Gasteiger partial charge in [-0.1, -0.05) is 24.4 Å². The van der Waals surface area contributed by atoms with Gasteiger partial charge in [0.1, 0.15) is 10.8 Å². The van der Waals surface area contributed by atoms with Gasteiger partial charge in [0.05, 0.1) is 12.2 Å². The summed E-state index contributed by atoms with van der Waals surface area (Å²) in [6.45, 7) is 1.81. The number of hydrogen-bond acceptors (Lipinski definition) is 3. The van der Waals surface area contributed by atoms with E-state index >= 15 is 0 Å². The molecule has 0 saturated heterocycles. The molecule has 1 aromatic heterocycles. The van der Waals surface area contributed by atoms with Gasteiger partial charge in [0.25, 0.3) is 5.56 Å². The van der Waals surface area contributed by atoms with E-state index in [0.29, 0.717) is 11.3 Å². The molecule has 19 heavy (non-hydrogen) atoms. The maximum Gasteiger partial charge on any atom is 0.267 e. The van der Waals surface area contributed by atoms with Gasteiger partial charge < -0.3 is 5.73 Å². The molecule has 0 radical (unpaired) electrons. The van der Waals surface area contributed by atoms with E-state index in [1.807, 2.05) is 0 Å². The van der Waals surface area contributed by atoms with Crippen LogP contribution in [0.5, 0.6) is 0 Å². The zero-order valence-electron chi connectivity index (χ0n) is 10.3. The van der Waals surface area contributed by atoms with Gasteiger partial charge in [0.2, 0.25) is 0 Å². The molecule has 1 heterocycles. The van der Waals surface area contributed by atoms with Gasteiger partial charge in [-0.15, -0.1) is 0 Å². The zero-order valence-corrected chi connectivity index (χ0v) is 11.1. The maximum atomic E-state index is 14.1. The van der Waals surface area contributed by atoms with Crippen LogP contribution in [0.1, 0.15) is 16.8 Å². The minimum Gasteiger partial charge on any atom is -0.389 e. The average Bonchev–Trinajstić information content (AvgIpc) is 2.36. The number of nitrogens with zero attached hydrogens (tertiary/aromatic N) is 2. The summed E-state index contributed by atoms with van der Waals surface area (Å²) in [7, 11) is 0. The molecule has 0 aliphatic heterocycles. The van der Waals surface area contributed by atoms with E-state index in [9.17, 15) is 9.18 Å². The van der Waals surface area contributed by atoms with Crippen molar-refractivity contribution in [2.45, 2.75) is 13.5 Å². The first-order chi connectivity index (χ1) is 8.99. The standard InChI is InChI=1S/C13H12FN3OS/c1-8-5-6-11(18)17(16-8)7-9-3-2-4-10(12(9)14)13(15)19/h2-6H,7H2,1H3,(H2,15,19). The van der Waals surface area contributed by atoms with Gasteiger partial charge in [-0.05, 0) is 19.1 Å². The van der Waals surface area contributed by atoms with E-state index in [1.54, 1.807) is 25.1 Å². The summed E-state index contributed by atoms with van der Waals surface area (Å²) >= 11 is 4.77. The smallest absolute Gasteiger partial charge is 0.267 e. The van der Waals surface area contributed by atoms with E-state index in [4.69, 9.17) is 18.0 Å². The topological polar surface area (TPSA) is 60.9 Å². The van der Waals surface area contributed by atoms with E-state index in [-0.39, 0.29) is 22.7 Å². The van der Waals surface area contributed by atoms with Crippen molar-refractivity contribution in [3.05, 3.63) is 63.3 Å². The Morgan fingerprint density at radius 3 is 2.84 bits per heavy atom. The summed E-state index contributed by atoms with van der Waals surface area (Å²) in [6.07, 6.45) is 0. The predicted octanol–water partition coefficient (Wildman–Crippen LogP) is 1.37. The highest BCUT2D eigenvalue weighted by Gasteiger charge is 2.11. The monoisotopic (exact) mass is 277 g/mol. The van der Waals surface area contributed by atoms with Crippen molar-refractivity contribution in [3.8, 4) is 0 Å². The Morgan fingerprint density at radius 1 is 1.42 bits per heavy atom. The number of nitrogens with two attached hydrogens (primary N) is 1. The molecule has 0 bridgehead atoms. The van der Waals surface area contributed by atoms with Crippen LogP contribution in [-0.4, -0.2) is 14.8 Å². The summed E-state index contributed by atoms with van der Waals surface area (Å²) < 4.78 is 15.3. The molecule has 1 aromatic carbocycles. The fourth-order valence-electron chi connectivity index (χ4n) is 1.72. The Balaban J connectivity index is 2.44. The van der Waals surface area contributed by atoms with Crippen LogP contribution in [0.4, 0.5) is 4.39 Å². The fourth-order valence-corrected chi connectivity index (χ4v) is 1.88. The van der Waals surface area contributed by atoms with Gasteiger partial charge in [-0.3, -0.25) is 4.79 Å². The van der Waals surface area contributed by atoms with Gasteiger partial charge in [-0.2, -0.15) is 5.10 Å². The lowest BCUT2D eigenvalue weighted by Crippen LogP contribution is -2.24. The average molecular weight is 277 g/mol. The first-order valence-corrected chi connectivity index (χ1v) is 6.02. The van der Waals surface area contributed by atoms with Gasteiger partial charge >= 0.3 is 0 Å². The van der Waals surface area contributed by atoms with Crippen molar-refractivity contribution in [1.82, 2.24) is 9.78 Å². The lowest BCUT2D eigenvalue weighted by molar-refractivity contribution is 0.567. The van der Waals surface area contributed by atoms with E-state index in [0.717, 1.165) is 0 Å². The molecule has 0 saturated carbocycles. The molecule has 0 amide bonds. The molecular formula is C13H12FN3OS. The Morgan fingerprint density at radius 2 is 2.16 bits per heavy atom. The number of rotatable bonds is 3. The van der Waals surface area contributed by atoms with Crippen LogP contribution in [0.25, 0.3) is 0 Å². The second-order valence-corrected chi connectivity index (χ2v) is 4.55. The third-order valence-electron chi connectivity index (χ3n) is 2.66. The number of aryl methyl sites for hydroxylation is 1. The summed E-state index contributed by atoms with van der Waals surface area (Å²) in [4.78, 5) is 11.6. The quantitative estimate of drug-likeness (QED) is 0.861. The second kappa shape index (κ2) is 5.27. The number of aromatic nitrogens is 2. The van der Waals surface area contributed by atoms with Crippen molar-refractivity contribution in [2.75, 3.05) is 0 Å². The summed E-state index contributed by atoms with van der Waals surface area (Å²) in [6, 6.07) is 7.74. The van der Waals surface area contributed by atoms with Crippen LogP contribution in [-0.2, 0) is 6.54 Å². The van der Waals surface area contributed by atoms with Crippen molar-refractivity contribution in [1.29, 1.82) is 0 Å². The zero-order chi connectivity index (χ0) is 14.0. The molecule has 2 rings (SSSR count). The molecule has 0 atom stereocenters. The Kier molecular flexibility index (Phi) is 3.71. The second-order valence-electron chi connectivity index (χ2n) is 4.11. The Hall–Kier alpha value is -2.08. The molecule has 2 N–H and O–H groups in total. The van der Waals surface area contributed by atoms with Gasteiger partial charge in [0, 0.05) is 17.2 Å². The van der Waals surface area contributed by atoms with Crippen molar-refractivity contribution < 1.29 is 4.39 Å². The molecule has 0 spiro atoms. The van der Waals surface area contributed by atoms with Crippen LogP contribution in [0.3, 0.4) is 0 Å². The molecule has 2 aromatic rings. The van der Waals surface area contributed by atoms with Crippen LogP contribution >= 0.6 is 12.2 Å². The third kappa shape index (κ3) is 2.85. The Labute approximate surface area is 114 Å². The van der Waals surface area contributed by atoms with E-state index < -0.39 is 5.82 Å². The molecule has 0 aliphatic carbocycles. The molecular weight excluding hydrogens is 265 g/mol. The Bertz CT molecular complexity index is 697. The summed E-state index contributed by atoms with van der Waals surface area (Å²) in [5.74, 6) is -0.509. The first-order valence-electron chi connectivity index (χ1n) is 5.61. The first kappa shape index (κ1) is 13.4. The molecule has 0 fully saturated rings. The van der Waals surface area contributed by atoms with Crippen LogP contribution in [0.2, 0.25) is 0 Å². The summed E-state index contributed by atoms with van der Waals surface area (Å²) in [5.41, 5.74) is 6.34. The van der Waals surface area contributed by atoms with Crippen molar-refractivity contribution >= 4 is 17.2 Å². The molecule has 6 heteroatoms. The van der Waals surface area contributed by atoms with Gasteiger partial charge in [-0.25, -0.2) is 9.07 Å². The number of benzene rings is 1. The fraction of sp³-hybridized carbons (Fsp3) is 0.154. The van der Waals surface area contributed by atoms with Crippen molar-refractivity contribution in [3.63, 3.8) is 0 Å². The van der Waals surface area contributed by atoms with Crippen LogP contribution in [0, 0.1) is 12.7 Å². The van der Waals surface area contributed by atoms with Crippen molar-refractivity contribution in [2.24, 2.45) is 5.73 Å². The lowest BCUT2D eigenvalue weighted by atomic mass is 10.1. The molecule has 0 unspecified atom stereocenters. The highest BCUT2D eigenvalue weighted by Crippen LogP contribution is 2.13. The molecule has 0 aliphatic rings. The molecule has 98 valence electrons. The number of hydrogen-bond donors (Lipinski definition) is 1. The largest absolute Gasteiger partial charge is 0.389 e. The normalized spacial score (nSPS) is 10.4. The van der Waals surface area contributed by atoms with E-state index in [1.165, 1.54) is 16.8 Å². The minimum absolute atomic E-state index is 0.0103. The highest BCUT2D eigenvalue weighted by molar-refractivity contribution is 7.80. The number of halogens is 1. The maximum absolute atomic E-state index is 14.1. The predicted molar refractivity (Wildman–Crippen MR) is 74.6 cm³/mol. The summed E-state index contributed by atoms with van der Waals surface area (Å²) in [5, 5.41) is 4.06. The lowest BCUT2D eigenvalue weighted by Gasteiger charge is -2.09. The van der Waals surface area contributed by atoms with E-state index in [2.05, 4.69) is 5.10 Å². The molecule has 4 nitrogen and oxygen atoms in total.